The minimum absolute atomic E-state index is 0.208. The van der Waals surface area contributed by atoms with Gasteiger partial charge in [-0.2, -0.15) is 22.0 Å². The Morgan fingerprint density at radius 2 is 1.59 bits per heavy atom. The summed E-state index contributed by atoms with van der Waals surface area (Å²) in [4.78, 5) is 10.6. The third kappa shape index (κ3) is 5.29. The van der Waals surface area contributed by atoms with Gasteiger partial charge in [0.25, 0.3) is 5.91 Å². The van der Waals surface area contributed by atoms with Gasteiger partial charge < -0.3 is 9.80 Å². The lowest BCUT2D eigenvalue weighted by Crippen LogP contribution is -2.51. The smallest absolute Gasteiger partial charge is 0.350 e. The number of amides is 1. The lowest BCUT2D eigenvalue weighted by Gasteiger charge is -2.24. The van der Waals surface area contributed by atoms with Crippen molar-refractivity contribution in [2.75, 3.05) is 34.2 Å². The molecular weight excluding hydrogens is 247 g/mol. The van der Waals surface area contributed by atoms with Crippen LogP contribution in [0.5, 0.6) is 0 Å². The highest BCUT2D eigenvalue weighted by atomic mass is 19.4. The van der Waals surface area contributed by atoms with Crippen molar-refractivity contribution in [3.05, 3.63) is 0 Å². The summed E-state index contributed by atoms with van der Waals surface area (Å²) >= 11 is 0. The summed E-state index contributed by atoms with van der Waals surface area (Å²) in [5.41, 5.74) is 0. The molecule has 0 rings (SSSR count). The molecule has 0 fully saturated rings. The van der Waals surface area contributed by atoms with Gasteiger partial charge in [-0.15, -0.1) is 0 Å². The van der Waals surface area contributed by atoms with Gasteiger partial charge in [-0.3, -0.25) is 4.79 Å². The first-order chi connectivity index (χ1) is 7.38. The van der Waals surface area contributed by atoms with Crippen LogP contribution < -0.4 is 5.32 Å². The van der Waals surface area contributed by atoms with Crippen LogP contribution in [0.1, 0.15) is 6.42 Å². The molecule has 1 N–H and O–H groups in total. The number of hydrogen-bond donors (Lipinski definition) is 1. The van der Waals surface area contributed by atoms with Crippen LogP contribution in [-0.4, -0.2) is 56.7 Å². The third-order valence-corrected chi connectivity index (χ3v) is 1.93. The van der Waals surface area contributed by atoms with Crippen molar-refractivity contribution in [3.8, 4) is 0 Å². The fourth-order valence-corrected chi connectivity index (χ4v) is 0.995. The predicted octanol–water partition coefficient (Wildman–Crippen LogP) is 1.40. The summed E-state index contributed by atoms with van der Waals surface area (Å²) in [6.45, 7) is 0.345. The van der Waals surface area contributed by atoms with Gasteiger partial charge in [0.15, 0.2) is 0 Å². The molecule has 8 heteroatoms. The van der Waals surface area contributed by atoms with Gasteiger partial charge in [0.1, 0.15) is 0 Å². The fraction of sp³-hybridized carbons (Fsp3) is 0.889. The second-order valence-electron chi connectivity index (χ2n) is 4.70. The number of quaternary nitrogens is 1. The van der Waals surface area contributed by atoms with Gasteiger partial charge in [0.05, 0.1) is 27.7 Å². The van der Waals surface area contributed by atoms with Gasteiger partial charge >= 0.3 is 12.1 Å². The van der Waals surface area contributed by atoms with Crippen LogP contribution in [0.3, 0.4) is 0 Å². The average Bonchev–Trinajstić information content (AvgIpc) is 2.08. The monoisotopic (exact) mass is 263 g/mol. The van der Waals surface area contributed by atoms with E-state index in [0.29, 0.717) is 17.4 Å². The maximum atomic E-state index is 12.4. The van der Waals surface area contributed by atoms with E-state index in [4.69, 9.17) is 0 Å². The lowest BCUT2D eigenvalue weighted by molar-refractivity contribution is -0.870. The molecule has 0 aromatic rings. The minimum Gasteiger partial charge on any atom is -0.350 e. The zero-order valence-corrected chi connectivity index (χ0v) is 9.87. The molecule has 3 nitrogen and oxygen atoms in total. The number of rotatable bonds is 5. The molecule has 0 atom stereocenters. The van der Waals surface area contributed by atoms with Gasteiger partial charge in [-0.1, -0.05) is 0 Å². The molecule has 0 saturated heterocycles. The first-order valence-corrected chi connectivity index (χ1v) is 4.91. The summed E-state index contributed by atoms with van der Waals surface area (Å²) in [7, 11) is 5.52. The molecule has 0 aliphatic rings. The highest BCUT2D eigenvalue weighted by Crippen LogP contribution is 2.35. The minimum atomic E-state index is -5.85. The van der Waals surface area contributed by atoms with Crippen LogP contribution in [0.15, 0.2) is 0 Å². The largest absolute Gasteiger partial charge is 0.463 e. The van der Waals surface area contributed by atoms with Gasteiger partial charge in [-0.25, -0.2) is 0 Å². The first kappa shape index (κ1) is 16.1. The highest BCUT2D eigenvalue weighted by Gasteiger charge is 2.63. The van der Waals surface area contributed by atoms with E-state index in [1.807, 2.05) is 21.1 Å². The number of nitrogens with zero attached hydrogens (tertiary/aromatic N) is 1. The zero-order valence-electron chi connectivity index (χ0n) is 9.87. The van der Waals surface area contributed by atoms with E-state index < -0.39 is 18.0 Å². The Balaban J connectivity index is 4.12. The van der Waals surface area contributed by atoms with E-state index in [1.54, 1.807) is 5.32 Å². The number of hydrogen-bond acceptors (Lipinski definition) is 1. The van der Waals surface area contributed by atoms with Crippen molar-refractivity contribution in [3.63, 3.8) is 0 Å². The summed E-state index contributed by atoms with van der Waals surface area (Å²) in [5, 5.41) is 1.58. The van der Waals surface area contributed by atoms with E-state index in [0.717, 1.165) is 0 Å². The van der Waals surface area contributed by atoms with Gasteiger partial charge in [0, 0.05) is 13.0 Å². The molecule has 1 amide bonds. The summed E-state index contributed by atoms with van der Waals surface area (Å²) in [6, 6.07) is 0. The molecule has 0 saturated carbocycles. The molecule has 0 unspecified atom stereocenters. The molecule has 0 aliphatic heterocycles. The van der Waals surface area contributed by atoms with Crippen LogP contribution in [-0.2, 0) is 4.79 Å². The molecular formula is C9H16F5N2O+. The number of halogens is 5. The van der Waals surface area contributed by atoms with Crippen LogP contribution in [0.4, 0.5) is 22.0 Å². The van der Waals surface area contributed by atoms with Gasteiger partial charge in [0.2, 0.25) is 0 Å². The Bertz CT molecular complexity index is 270. The fourth-order valence-electron chi connectivity index (χ4n) is 0.995. The number of nitrogens with one attached hydrogen (secondary N) is 1. The molecule has 0 spiro atoms. The van der Waals surface area contributed by atoms with Crippen molar-refractivity contribution in [1.82, 2.24) is 5.32 Å². The van der Waals surface area contributed by atoms with Crippen molar-refractivity contribution in [1.29, 1.82) is 0 Å². The second-order valence-corrected chi connectivity index (χ2v) is 4.70. The van der Waals surface area contributed by atoms with Crippen LogP contribution in [0.25, 0.3) is 0 Å². The topological polar surface area (TPSA) is 29.1 Å². The Morgan fingerprint density at radius 3 is 1.94 bits per heavy atom. The Labute approximate surface area is 96.2 Å². The molecule has 0 heterocycles. The quantitative estimate of drug-likeness (QED) is 0.453. The second kappa shape index (κ2) is 5.16. The van der Waals surface area contributed by atoms with Crippen molar-refractivity contribution >= 4 is 5.91 Å². The molecule has 102 valence electrons. The average molecular weight is 263 g/mol. The van der Waals surface area contributed by atoms with E-state index in [2.05, 4.69) is 0 Å². The van der Waals surface area contributed by atoms with E-state index in [-0.39, 0.29) is 6.54 Å². The van der Waals surface area contributed by atoms with Crippen LogP contribution in [0, 0.1) is 0 Å². The molecule has 0 bridgehead atoms. The first-order valence-electron chi connectivity index (χ1n) is 4.91. The molecule has 17 heavy (non-hydrogen) atoms. The third-order valence-electron chi connectivity index (χ3n) is 1.93. The number of carbonyl (C=O) groups is 1. The highest BCUT2D eigenvalue weighted by molar-refractivity contribution is 5.84. The van der Waals surface area contributed by atoms with Crippen molar-refractivity contribution in [2.24, 2.45) is 0 Å². The normalized spacial score (nSPS) is 13.6. The standard InChI is InChI=1S/C9H15F5N2O/c1-16(2,3)6-4-5-15-7(17)8(10,11)9(12,13)14/h4-6H2,1-3H3/p+1. The van der Waals surface area contributed by atoms with Crippen molar-refractivity contribution in [2.45, 2.75) is 18.5 Å². The van der Waals surface area contributed by atoms with Crippen LogP contribution in [0.2, 0.25) is 0 Å². The maximum absolute atomic E-state index is 12.4. The molecule has 0 aromatic heterocycles. The predicted molar refractivity (Wildman–Crippen MR) is 51.5 cm³/mol. The number of carbonyl (C=O) groups excluding carboxylic acids is 1. The summed E-state index contributed by atoms with van der Waals surface area (Å²) in [5.74, 6) is -7.63. The Kier molecular flexibility index (Phi) is 4.88. The molecule has 0 radical (unpaired) electrons. The molecule has 0 aliphatic carbocycles. The summed E-state index contributed by atoms with van der Waals surface area (Å²) in [6.07, 6.45) is -5.53. The van der Waals surface area contributed by atoms with E-state index >= 15 is 0 Å². The Hall–Kier alpha value is -0.920. The summed E-state index contributed by atoms with van der Waals surface area (Å²) < 4.78 is 60.7. The van der Waals surface area contributed by atoms with E-state index in [1.165, 1.54) is 0 Å². The lowest BCUT2D eigenvalue weighted by atomic mass is 10.3. The maximum Gasteiger partial charge on any atom is 0.463 e. The zero-order chi connectivity index (χ0) is 13.9. The Morgan fingerprint density at radius 1 is 1.12 bits per heavy atom. The molecule has 0 aromatic carbocycles. The van der Waals surface area contributed by atoms with E-state index in [9.17, 15) is 26.7 Å². The SMILES string of the molecule is C[N+](C)(C)CCCNC(=O)C(F)(F)C(F)(F)F. The number of alkyl halides is 5. The van der Waals surface area contributed by atoms with Crippen LogP contribution >= 0.6 is 0 Å². The van der Waals surface area contributed by atoms with Crippen molar-refractivity contribution < 1.29 is 31.2 Å². The van der Waals surface area contributed by atoms with Gasteiger partial charge in [-0.05, 0) is 0 Å².